The molecule has 0 saturated carbocycles. The van der Waals surface area contributed by atoms with Crippen molar-refractivity contribution in [1.82, 2.24) is 0 Å². The second kappa shape index (κ2) is 6.91. The molecule has 0 bridgehead atoms. The Bertz CT molecular complexity index is 752. The first-order valence-corrected chi connectivity index (χ1v) is 7.04. The normalized spacial score (nSPS) is 11.9. The van der Waals surface area contributed by atoms with Gasteiger partial charge < -0.3 is 10.1 Å². The number of carbonyl (C=O) groups excluding carboxylic acids is 1. The maximum absolute atomic E-state index is 13.5. The molecule has 2 aromatic rings. The van der Waals surface area contributed by atoms with E-state index in [1.807, 2.05) is 0 Å². The summed E-state index contributed by atoms with van der Waals surface area (Å²) in [6.07, 6.45) is -0.983. The third kappa shape index (κ3) is 3.96. The number of halogens is 4. The van der Waals surface area contributed by atoms with Crippen LogP contribution in [0, 0.1) is 24.4 Å². The number of benzene rings is 2. The number of carbonyl (C=O) groups is 1. The summed E-state index contributed by atoms with van der Waals surface area (Å²) in [5.41, 5.74) is 0.306. The first kappa shape index (κ1) is 17.1. The van der Waals surface area contributed by atoms with E-state index in [2.05, 4.69) is 5.32 Å². The number of amides is 1. The molecular weight excluding hydrogens is 331 g/mol. The van der Waals surface area contributed by atoms with Gasteiger partial charge in [0.05, 0.1) is 5.69 Å². The van der Waals surface area contributed by atoms with Crippen molar-refractivity contribution in [1.29, 1.82) is 0 Å². The maximum Gasteiger partial charge on any atom is 0.265 e. The quantitative estimate of drug-likeness (QED) is 0.832. The van der Waals surface area contributed by atoms with Crippen molar-refractivity contribution in [2.24, 2.45) is 0 Å². The van der Waals surface area contributed by atoms with Crippen molar-refractivity contribution in [3.05, 3.63) is 58.4 Å². The molecule has 23 heavy (non-hydrogen) atoms. The van der Waals surface area contributed by atoms with Crippen LogP contribution in [-0.4, -0.2) is 12.0 Å². The van der Waals surface area contributed by atoms with E-state index >= 15 is 0 Å². The predicted octanol–water partition coefficient (Wildman–Crippen LogP) is 4.47. The fraction of sp³-hybridized carbons (Fsp3) is 0.188. The summed E-state index contributed by atoms with van der Waals surface area (Å²) < 4.78 is 44.9. The molecule has 0 aliphatic heterocycles. The molecule has 0 spiro atoms. The zero-order valence-corrected chi connectivity index (χ0v) is 13.0. The minimum atomic E-state index is -1.65. The third-order valence-corrected chi connectivity index (χ3v) is 3.53. The van der Waals surface area contributed by atoms with Crippen LogP contribution >= 0.6 is 11.6 Å². The zero-order valence-electron chi connectivity index (χ0n) is 12.3. The molecule has 2 aromatic carbocycles. The minimum absolute atomic E-state index is 0.403. The Kier molecular flexibility index (Phi) is 5.15. The van der Waals surface area contributed by atoms with Crippen molar-refractivity contribution >= 4 is 23.2 Å². The van der Waals surface area contributed by atoms with Crippen LogP contribution in [0.15, 0.2) is 30.3 Å². The number of anilines is 1. The number of ether oxygens (including phenoxy) is 1. The summed E-state index contributed by atoms with van der Waals surface area (Å²) in [7, 11) is 0. The molecule has 1 atom stereocenters. The molecule has 0 aliphatic carbocycles. The van der Waals surface area contributed by atoms with E-state index in [0.29, 0.717) is 10.8 Å². The summed E-state index contributed by atoms with van der Waals surface area (Å²) >= 11 is 5.89. The Morgan fingerprint density at radius 1 is 1.17 bits per heavy atom. The Hall–Kier alpha value is -2.21. The molecule has 0 unspecified atom stereocenters. The topological polar surface area (TPSA) is 38.3 Å². The Morgan fingerprint density at radius 3 is 2.52 bits per heavy atom. The second-order valence-electron chi connectivity index (χ2n) is 4.88. The van der Waals surface area contributed by atoms with Gasteiger partial charge >= 0.3 is 0 Å². The van der Waals surface area contributed by atoms with Crippen LogP contribution in [0.1, 0.15) is 12.5 Å². The van der Waals surface area contributed by atoms with E-state index in [1.165, 1.54) is 6.92 Å². The van der Waals surface area contributed by atoms with Crippen molar-refractivity contribution in [2.75, 3.05) is 5.32 Å². The van der Waals surface area contributed by atoms with Gasteiger partial charge in [-0.05, 0) is 49.7 Å². The Balaban J connectivity index is 2.08. The van der Waals surface area contributed by atoms with Crippen LogP contribution < -0.4 is 10.1 Å². The van der Waals surface area contributed by atoms with Gasteiger partial charge in [-0.1, -0.05) is 11.6 Å². The van der Waals surface area contributed by atoms with Crippen molar-refractivity contribution < 1.29 is 22.7 Å². The highest BCUT2D eigenvalue weighted by Gasteiger charge is 2.19. The number of hydrogen-bond acceptors (Lipinski definition) is 2. The van der Waals surface area contributed by atoms with Crippen LogP contribution in [0.25, 0.3) is 0 Å². The summed E-state index contributed by atoms with van der Waals surface area (Å²) in [5, 5.41) is 2.71. The highest BCUT2D eigenvalue weighted by molar-refractivity contribution is 6.31. The summed E-state index contributed by atoms with van der Waals surface area (Å²) in [4.78, 5) is 12.0. The SMILES string of the molecule is Cc1cc(O[C@@H](C)C(=O)Nc2ccc(F)c(F)c2F)ccc1Cl. The first-order valence-electron chi connectivity index (χ1n) is 6.66. The number of aryl methyl sites for hydroxylation is 1. The molecule has 2 rings (SSSR count). The predicted molar refractivity (Wildman–Crippen MR) is 81.2 cm³/mol. The number of hydrogen-bond donors (Lipinski definition) is 1. The molecule has 1 amide bonds. The van der Waals surface area contributed by atoms with Crippen LogP contribution in [0.2, 0.25) is 5.02 Å². The van der Waals surface area contributed by atoms with E-state index in [9.17, 15) is 18.0 Å². The smallest absolute Gasteiger partial charge is 0.265 e. The molecule has 7 heteroatoms. The molecular formula is C16H13ClF3NO2. The standard InChI is InChI=1S/C16H13ClF3NO2/c1-8-7-10(3-4-11(8)17)23-9(2)16(22)21-13-6-5-12(18)14(19)15(13)20/h3-7,9H,1-2H3,(H,21,22)/t9-/m0/s1. The molecule has 3 nitrogen and oxygen atoms in total. The summed E-state index contributed by atoms with van der Waals surface area (Å²) in [5.74, 6) is -4.75. The number of nitrogens with one attached hydrogen (secondary N) is 1. The van der Waals surface area contributed by atoms with Gasteiger partial charge in [-0.15, -0.1) is 0 Å². The highest BCUT2D eigenvalue weighted by atomic mass is 35.5. The van der Waals surface area contributed by atoms with Gasteiger partial charge in [0.15, 0.2) is 23.6 Å². The highest BCUT2D eigenvalue weighted by Crippen LogP contribution is 2.23. The van der Waals surface area contributed by atoms with E-state index in [1.54, 1.807) is 25.1 Å². The fourth-order valence-corrected chi connectivity index (χ4v) is 1.92. The Morgan fingerprint density at radius 2 is 1.87 bits per heavy atom. The molecule has 0 saturated heterocycles. The molecule has 0 aromatic heterocycles. The second-order valence-corrected chi connectivity index (χ2v) is 5.29. The lowest BCUT2D eigenvalue weighted by atomic mass is 10.2. The van der Waals surface area contributed by atoms with Crippen molar-refractivity contribution in [3.63, 3.8) is 0 Å². The monoisotopic (exact) mass is 343 g/mol. The van der Waals surface area contributed by atoms with E-state index in [4.69, 9.17) is 16.3 Å². The first-order chi connectivity index (χ1) is 10.8. The average molecular weight is 344 g/mol. The molecule has 122 valence electrons. The van der Waals surface area contributed by atoms with Crippen LogP contribution in [0.3, 0.4) is 0 Å². The molecule has 0 heterocycles. The van der Waals surface area contributed by atoms with Crippen molar-refractivity contribution in [2.45, 2.75) is 20.0 Å². The van der Waals surface area contributed by atoms with Crippen LogP contribution in [-0.2, 0) is 4.79 Å². The van der Waals surface area contributed by atoms with Gasteiger partial charge in [-0.3, -0.25) is 4.79 Å². The maximum atomic E-state index is 13.5. The van der Waals surface area contributed by atoms with E-state index in [-0.39, 0.29) is 0 Å². The van der Waals surface area contributed by atoms with Gasteiger partial charge in [-0.25, -0.2) is 13.2 Å². The molecule has 0 radical (unpaired) electrons. The fourth-order valence-electron chi connectivity index (χ4n) is 1.80. The van der Waals surface area contributed by atoms with E-state index in [0.717, 1.165) is 17.7 Å². The Labute approximate surface area is 136 Å². The van der Waals surface area contributed by atoms with Gasteiger partial charge in [0.2, 0.25) is 0 Å². The van der Waals surface area contributed by atoms with Gasteiger partial charge in [0, 0.05) is 5.02 Å². The van der Waals surface area contributed by atoms with Gasteiger partial charge in [0.25, 0.3) is 5.91 Å². The lowest BCUT2D eigenvalue weighted by molar-refractivity contribution is -0.122. The van der Waals surface area contributed by atoms with Crippen LogP contribution in [0.5, 0.6) is 5.75 Å². The molecule has 0 aliphatic rings. The minimum Gasteiger partial charge on any atom is -0.481 e. The van der Waals surface area contributed by atoms with Gasteiger partial charge in [0.1, 0.15) is 5.75 Å². The lowest BCUT2D eigenvalue weighted by Gasteiger charge is -2.16. The molecule has 1 N–H and O–H groups in total. The average Bonchev–Trinajstić information content (AvgIpc) is 2.51. The van der Waals surface area contributed by atoms with Gasteiger partial charge in [-0.2, -0.15) is 0 Å². The van der Waals surface area contributed by atoms with Crippen molar-refractivity contribution in [3.8, 4) is 5.75 Å². The molecule has 0 fully saturated rings. The largest absolute Gasteiger partial charge is 0.481 e. The summed E-state index contributed by atoms with van der Waals surface area (Å²) in [6, 6.07) is 6.50. The van der Waals surface area contributed by atoms with Crippen LogP contribution in [0.4, 0.5) is 18.9 Å². The van der Waals surface area contributed by atoms with E-state index < -0.39 is 35.2 Å². The lowest BCUT2D eigenvalue weighted by Crippen LogP contribution is -2.30. The summed E-state index contributed by atoms with van der Waals surface area (Å²) in [6.45, 7) is 3.22. The third-order valence-electron chi connectivity index (χ3n) is 3.10. The number of rotatable bonds is 4. The zero-order chi connectivity index (χ0) is 17.1.